The quantitative estimate of drug-likeness (QED) is 0.124. The van der Waals surface area contributed by atoms with Crippen molar-refractivity contribution >= 4 is 53.2 Å². The molecular weight excluding hydrogens is 731 g/mol. The molecule has 6 rings (SSSR count). The van der Waals surface area contributed by atoms with E-state index < -0.39 is 0 Å². The molecule has 0 saturated heterocycles. The van der Waals surface area contributed by atoms with Gasteiger partial charge in [-0.25, -0.2) is 0 Å². The van der Waals surface area contributed by atoms with Gasteiger partial charge in [0, 0.05) is 0 Å². The van der Waals surface area contributed by atoms with Crippen molar-refractivity contribution in [1.82, 2.24) is 0 Å². The number of hydrogen-bond donors (Lipinski definition) is 0. The first kappa shape index (κ1) is 46.8. The minimum atomic E-state index is 0. The molecule has 0 atom stereocenters. The first-order chi connectivity index (χ1) is 21.2. The van der Waals surface area contributed by atoms with Crippen molar-refractivity contribution in [3.63, 3.8) is 0 Å². The van der Waals surface area contributed by atoms with Gasteiger partial charge in [-0.1, -0.05) is 141 Å². The van der Waals surface area contributed by atoms with Gasteiger partial charge in [-0.3, -0.25) is 0 Å². The SMILES string of the molecule is CC(C)c1cc2c(-c3ccc(C(C)(C)C)cc3)cccc2[cH-]1.Cc1cc2c(-c3ccc(C(C)(C)C)cc3)ccc(C)c2[cH-]1.Cl.Cl.[CH3-].[CH3-].[Si]=[Zr]. The van der Waals surface area contributed by atoms with Crippen LogP contribution < -0.4 is 0 Å². The Hall–Kier alpha value is -2.22. The van der Waals surface area contributed by atoms with Crippen molar-refractivity contribution in [2.45, 2.75) is 86.0 Å². The summed E-state index contributed by atoms with van der Waals surface area (Å²) in [7, 11) is 0. The Morgan fingerprint density at radius 2 is 1.06 bits per heavy atom. The molecule has 0 unspecified atom stereocenters. The Morgan fingerprint density at radius 1 is 0.592 bits per heavy atom. The molecule has 0 saturated carbocycles. The normalized spacial score (nSPS) is 10.7. The fourth-order valence-electron chi connectivity index (χ4n) is 5.98. The van der Waals surface area contributed by atoms with E-state index in [1.54, 1.807) is 0 Å². The van der Waals surface area contributed by atoms with E-state index in [-0.39, 0.29) is 50.5 Å². The zero-order valence-corrected chi connectivity index (χ0v) is 36.8. The average molecular weight is 787 g/mol. The van der Waals surface area contributed by atoms with E-state index in [0.717, 1.165) is 0 Å². The van der Waals surface area contributed by atoms with Crippen molar-refractivity contribution in [3.8, 4) is 22.3 Å². The summed E-state index contributed by atoms with van der Waals surface area (Å²) in [4.78, 5) is 0. The van der Waals surface area contributed by atoms with Crippen LogP contribution in [0.2, 0.25) is 0 Å². The number of fused-ring (bicyclic) bond motifs is 2. The number of halogens is 2. The van der Waals surface area contributed by atoms with Crippen LogP contribution >= 0.6 is 24.8 Å². The van der Waals surface area contributed by atoms with Crippen LogP contribution in [0, 0.1) is 28.7 Å². The Kier molecular flexibility index (Phi) is 18.5. The molecule has 0 aliphatic heterocycles. The van der Waals surface area contributed by atoms with Crippen LogP contribution in [0.15, 0.2) is 103 Å². The van der Waals surface area contributed by atoms with Crippen LogP contribution in [0.25, 0.3) is 43.8 Å². The summed E-state index contributed by atoms with van der Waals surface area (Å²) < 4.78 is 0. The summed E-state index contributed by atoms with van der Waals surface area (Å²) in [6.45, 7) is 25.5. The molecule has 0 heterocycles. The molecule has 0 aromatic heterocycles. The van der Waals surface area contributed by atoms with E-state index in [2.05, 4.69) is 179 Å². The first-order valence-electron chi connectivity index (χ1n) is 16.1. The summed E-state index contributed by atoms with van der Waals surface area (Å²) >= 11 is 1.36. The maximum absolute atomic E-state index is 3.06. The molecule has 0 aliphatic carbocycles. The minimum absolute atomic E-state index is 0. The predicted molar refractivity (Wildman–Crippen MR) is 224 cm³/mol. The van der Waals surface area contributed by atoms with Gasteiger partial charge in [0.15, 0.2) is 0 Å². The number of hydrogen-bond acceptors (Lipinski definition) is 0. The molecular formula is C45H56Cl2SiZr-4. The number of aryl methyl sites for hydroxylation is 2. The standard InChI is InChI=1S/C22H25.C21H23.2CH3.2ClH.Si.Zr/c1-15(2)18-13-17-7-6-8-20(21(17)14-18)16-9-11-19(12-10-16)22(3,4)5;1-14-12-19-15(2)6-11-18(20(19)13-14)16-7-9-17(10-8-16)21(3,4)5;;;;;;/h6-15H,1-5H3;6-13H,1-5H3;2*1H3;2*1H;;/q4*-1;;;;. The molecule has 2 radical (unpaired) electrons. The van der Waals surface area contributed by atoms with Gasteiger partial charge in [-0.05, 0) is 39.0 Å². The molecule has 0 bridgehead atoms. The van der Waals surface area contributed by atoms with E-state index >= 15 is 0 Å². The topological polar surface area (TPSA) is 0 Å². The van der Waals surface area contributed by atoms with Crippen LogP contribution in [0.5, 0.6) is 0 Å². The zero-order chi connectivity index (χ0) is 33.1. The van der Waals surface area contributed by atoms with Crippen molar-refractivity contribution in [3.05, 3.63) is 146 Å². The van der Waals surface area contributed by atoms with Crippen LogP contribution in [-0.4, -0.2) is 6.88 Å². The Morgan fingerprint density at radius 3 is 1.51 bits per heavy atom. The van der Waals surface area contributed by atoms with E-state index in [1.807, 2.05) is 0 Å². The molecule has 262 valence electrons. The van der Waals surface area contributed by atoms with Gasteiger partial charge in [0.1, 0.15) is 0 Å². The molecule has 0 spiro atoms. The second-order valence-corrected chi connectivity index (χ2v) is 14.7. The zero-order valence-electron chi connectivity index (χ0n) is 31.7. The molecule has 0 fully saturated rings. The Bertz CT molecular complexity index is 1880. The molecule has 0 amide bonds. The average Bonchev–Trinajstić information content (AvgIpc) is 3.62. The van der Waals surface area contributed by atoms with E-state index in [0.29, 0.717) is 5.92 Å². The van der Waals surface area contributed by atoms with E-state index in [1.165, 1.54) is 95.0 Å². The third kappa shape index (κ3) is 11.1. The van der Waals surface area contributed by atoms with E-state index in [4.69, 9.17) is 0 Å². The van der Waals surface area contributed by atoms with Crippen LogP contribution in [0.4, 0.5) is 0 Å². The summed E-state index contributed by atoms with van der Waals surface area (Å²) in [5.74, 6) is 0.573. The number of rotatable bonds is 3. The molecule has 0 N–H and O–H groups in total. The molecule has 6 aromatic rings. The van der Waals surface area contributed by atoms with Gasteiger partial charge in [0.25, 0.3) is 0 Å². The van der Waals surface area contributed by atoms with Gasteiger partial charge < -0.3 is 14.9 Å². The van der Waals surface area contributed by atoms with Crippen LogP contribution in [-0.2, 0) is 34.2 Å². The van der Waals surface area contributed by atoms with Crippen LogP contribution in [0.1, 0.15) is 89.1 Å². The second-order valence-electron chi connectivity index (χ2n) is 14.7. The monoisotopic (exact) mass is 784 g/mol. The van der Waals surface area contributed by atoms with Crippen molar-refractivity contribution in [2.24, 2.45) is 0 Å². The number of benzene rings is 4. The third-order valence-corrected chi connectivity index (χ3v) is 8.81. The van der Waals surface area contributed by atoms with Crippen molar-refractivity contribution in [2.75, 3.05) is 0 Å². The third-order valence-electron chi connectivity index (χ3n) is 8.81. The van der Waals surface area contributed by atoms with Gasteiger partial charge in [0.2, 0.25) is 0 Å². The summed E-state index contributed by atoms with van der Waals surface area (Å²) in [6.07, 6.45) is 0. The van der Waals surface area contributed by atoms with E-state index in [9.17, 15) is 0 Å². The van der Waals surface area contributed by atoms with Gasteiger partial charge >= 0.3 is 30.2 Å². The van der Waals surface area contributed by atoms with Crippen LogP contribution in [0.3, 0.4) is 0 Å². The Balaban J connectivity index is 0.000000831. The second kappa shape index (κ2) is 19.4. The van der Waals surface area contributed by atoms with Crippen molar-refractivity contribution in [1.29, 1.82) is 0 Å². The summed E-state index contributed by atoms with van der Waals surface area (Å²) in [5, 5.41) is 5.47. The summed E-state index contributed by atoms with van der Waals surface area (Å²) in [6, 6.07) is 38.5. The molecule has 49 heavy (non-hydrogen) atoms. The maximum atomic E-state index is 3.06. The van der Waals surface area contributed by atoms with Crippen molar-refractivity contribution < 1.29 is 23.3 Å². The molecule has 0 aliphatic rings. The molecule has 4 heteroatoms. The van der Waals surface area contributed by atoms with Gasteiger partial charge in [-0.2, -0.15) is 12.1 Å². The Labute approximate surface area is 328 Å². The summed E-state index contributed by atoms with van der Waals surface area (Å²) in [5.41, 5.74) is 12.6. The molecule has 6 aromatic carbocycles. The molecule has 0 nitrogen and oxygen atoms in total. The van der Waals surface area contributed by atoms with Gasteiger partial charge in [0.05, 0.1) is 0 Å². The predicted octanol–water partition coefficient (Wildman–Crippen LogP) is 14.1. The fourth-order valence-corrected chi connectivity index (χ4v) is 5.98. The van der Waals surface area contributed by atoms with Gasteiger partial charge in [-0.15, -0.1) is 93.4 Å². The fraction of sp³-hybridized carbons (Fsp3) is 0.289. The first-order valence-corrected chi connectivity index (χ1v) is 20.2.